The predicted molar refractivity (Wildman–Crippen MR) is 70.4 cm³/mol. The summed E-state index contributed by atoms with van der Waals surface area (Å²) >= 11 is 0. The van der Waals surface area contributed by atoms with Crippen molar-refractivity contribution in [3.8, 4) is 0 Å². The number of carbonyl (C=O) groups is 1. The molecule has 0 atom stereocenters. The molecule has 5 heteroatoms. The molecule has 1 aromatic rings. The van der Waals surface area contributed by atoms with Crippen LogP contribution in [-0.4, -0.2) is 46.8 Å². The average molecular weight is 250 g/mol. The fourth-order valence-corrected chi connectivity index (χ4v) is 2.68. The Hall–Kier alpha value is -1.36. The van der Waals surface area contributed by atoms with E-state index in [1.165, 1.54) is 0 Å². The van der Waals surface area contributed by atoms with E-state index < -0.39 is 0 Å². The molecule has 18 heavy (non-hydrogen) atoms. The first-order valence-electron chi connectivity index (χ1n) is 6.56. The molecule has 1 aromatic heterocycles. The van der Waals surface area contributed by atoms with Gasteiger partial charge in [-0.1, -0.05) is 0 Å². The van der Waals surface area contributed by atoms with Crippen molar-refractivity contribution in [3.63, 3.8) is 0 Å². The van der Waals surface area contributed by atoms with Crippen LogP contribution in [0.1, 0.15) is 36.2 Å². The van der Waals surface area contributed by atoms with Crippen LogP contribution in [0.2, 0.25) is 0 Å². The van der Waals surface area contributed by atoms with Gasteiger partial charge in [0, 0.05) is 32.4 Å². The topological polar surface area (TPSA) is 50.2 Å². The zero-order valence-electron chi connectivity index (χ0n) is 11.4. The number of rotatable bonds is 3. The molecule has 0 unspecified atom stereocenters. The monoisotopic (exact) mass is 250 g/mol. The van der Waals surface area contributed by atoms with Gasteiger partial charge in [0.15, 0.2) is 0 Å². The van der Waals surface area contributed by atoms with E-state index in [-0.39, 0.29) is 5.91 Å². The molecular formula is C13H22N4O. The summed E-state index contributed by atoms with van der Waals surface area (Å²) in [5.41, 5.74) is 0.660. The van der Waals surface area contributed by atoms with Gasteiger partial charge in [-0.25, -0.2) is 0 Å². The summed E-state index contributed by atoms with van der Waals surface area (Å²) in [6, 6.07) is 2.75. The third kappa shape index (κ3) is 2.56. The number of amides is 1. The highest BCUT2D eigenvalue weighted by atomic mass is 16.2. The second-order valence-electron chi connectivity index (χ2n) is 5.05. The second-order valence-corrected chi connectivity index (χ2v) is 5.05. The summed E-state index contributed by atoms with van der Waals surface area (Å²) in [6.45, 7) is 0. The molecule has 1 N–H and O–H groups in total. The number of aromatic nitrogens is 2. The largest absolute Gasteiger partial charge is 0.337 e. The normalized spacial score (nSPS) is 23.9. The van der Waals surface area contributed by atoms with Gasteiger partial charge in [-0.05, 0) is 38.8 Å². The van der Waals surface area contributed by atoms with Gasteiger partial charge in [0.25, 0.3) is 5.91 Å². The van der Waals surface area contributed by atoms with Gasteiger partial charge in [-0.3, -0.25) is 9.48 Å². The Morgan fingerprint density at radius 1 is 1.44 bits per heavy atom. The molecule has 5 nitrogen and oxygen atoms in total. The molecule has 1 heterocycles. The Morgan fingerprint density at radius 3 is 2.61 bits per heavy atom. The number of aryl methyl sites for hydroxylation is 1. The second kappa shape index (κ2) is 5.52. The minimum absolute atomic E-state index is 0.0721. The van der Waals surface area contributed by atoms with Gasteiger partial charge in [-0.15, -0.1) is 0 Å². The minimum Gasteiger partial charge on any atom is -0.337 e. The molecule has 0 bridgehead atoms. The summed E-state index contributed by atoms with van der Waals surface area (Å²) in [6.07, 6.45) is 6.10. The first kappa shape index (κ1) is 13.1. The zero-order chi connectivity index (χ0) is 13.1. The lowest BCUT2D eigenvalue weighted by atomic mass is 9.90. The van der Waals surface area contributed by atoms with Crippen LogP contribution < -0.4 is 5.32 Å². The van der Waals surface area contributed by atoms with Crippen molar-refractivity contribution in [3.05, 3.63) is 18.0 Å². The van der Waals surface area contributed by atoms with Crippen molar-refractivity contribution in [1.82, 2.24) is 20.0 Å². The van der Waals surface area contributed by atoms with Crippen LogP contribution in [0.25, 0.3) is 0 Å². The number of nitrogens with zero attached hydrogens (tertiary/aromatic N) is 3. The zero-order valence-corrected chi connectivity index (χ0v) is 11.4. The number of hydrogen-bond donors (Lipinski definition) is 1. The first-order chi connectivity index (χ1) is 8.63. The molecular weight excluding hydrogens is 228 g/mol. The Bertz CT molecular complexity index is 407. The summed E-state index contributed by atoms with van der Waals surface area (Å²) < 4.78 is 1.64. The lowest BCUT2D eigenvalue weighted by Gasteiger charge is -2.34. The summed E-state index contributed by atoms with van der Waals surface area (Å²) in [5, 5.41) is 7.36. The standard InChI is InChI=1S/C13H22N4O/c1-14-10-4-6-11(7-5-10)16(2)13(18)12-8-9-15-17(12)3/h8-11,14H,4-7H2,1-3H3. The molecule has 0 radical (unpaired) electrons. The van der Waals surface area contributed by atoms with Crippen molar-refractivity contribution in [2.75, 3.05) is 14.1 Å². The highest BCUT2D eigenvalue weighted by molar-refractivity contribution is 5.92. The fraction of sp³-hybridized carbons (Fsp3) is 0.692. The summed E-state index contributed by atoms with van der Waals surface area (Å²) in [5.74, 6) is 0.0721. The maximum Gasteiger partial charge on any atom is 0.272 e. The van der Waals surface area contributed by atoms with Gasteiger partial charge < -0.3 is 10.2 Å². The Balaban J connectivity index is 1.98. The van der Waals surface area contributed by atoms with E-state index in [0.29, 0.717) is 17.8 Å². The molecule has 2 rings (SSSR count). The number of hydrogen-bond acceptors (Lipinski definition) is 3. The molecule has 1 fully saturated rings. The highest BCUT2D eigenvalue weighted by Gasteiger charge is 2.27. The summed E-state index contributed by atoms with van der Waals surface area (Å²) in [4.78, 5) is 14.2. The lowest BCUT2D eigenvalue weighted by molar-refractivity contribution is 0.0674. The lowest BCUT2D eigenvalue weighted by Crippen LogP contribution is -2.43. The van der Waals surface area contributed by atoms with Crippen molar-refractivity contribution in [2.45, 2.75) is 37.8 Å². The van der Waals surface area contributed by atoms with E-state index in [2.05, 4.69) is 10.4 Å². The van der Waals surface area contributed by atoms with Crippen LogP contribution in [0, 0.1) is 0 Å². The number of nitrogens with one attached hydrogen (secondary N) is 1. The smallest absolute Gasteiger partial charge is 0.272 e. The third-order valence-electron chi connectivity index (χ3n) is 4.01. The Labute approximate surface area is 108 Å². The third-order valence-corrected chi connectivity index (χ3v) is 4.01. The molecule has 0 spiro atoms. The van der Waals surface area contributed by atoms with Gasteiger partial charge in [0.05, 0.1) is 0 Å². The average Bonchev–Trinajstić information content (AvgIpc) is 2.83. The van der Waals surface area contributed by atoms with E-state index in [1.807, 2.05) is 19.0 Å². The van der Waals surface area contributed by atoms with Crippen molar-refractivity contribution >= 4 is 5.91 Å². The van der Waals surface area contributed by atoms with Crippen molar-refractivity contribution in [2.24, 2.45) is 7.05 Å². The quantitative estimate of drug-likeness (QED) is 0.871. The maximum atomic E-state index is 12.3. The molecule has 100 valence electrons. The predicted octanol–water partition coefficient (Wildman–Crippen LogP) is 1.02. The van der Waals surface area contributed by atoms with Crippen LogP contribution in [-0.2, 0) is 7.05 Å². The minimum atomic E-state index is 0.0721. The maximum absolute atomic E-state index is 12.3. The highest BCUT2D eigenvalue weighted by Crippen LogP contribution is 2.23. The van der Waals surface area contributed by atoms with E-state index in [0.717, 1.165) is 25.7 Å². The first-order valence-corrected chi connectivity index (χ1v) is 6.56. The SMILES string of the molecule is CNC1CCC(N(C)C(=O)c2ccnn2C)CC1. The van der Waals surface area contributed by atoms with Gasteiger partial charge in [-0.2, -0.15) is 5.10 Å². The molecule has 1 aliphatic carbocycles. The molecule has 0 aliphatic heterocycles. The number of carbonyl (C=O) groups excluding carboxylic acids is 1. The van der Waals surface area contributed by atoms with Crippen molar-refractivity contribution < 1.29 is 4.79 Å². The molecule has 0 aromatic carbocycles. The van der Waals surface area contributed by atoms with E-state index >= 15 is 0 Å². The van der Waals surface area contributed by atoms with Gasteiger partial charge >= 0.3 is 0 Å². The molecule has 1 aliphatic rings. The van der Waals surface area contributed by atoms with E-state index in [4.69, 9.17) is 0 Å². The van der Waals surface area contributed by atoms with Gasteiger partial charge in [0.1, 0.15) is 5.69 Å². The molecule has 1 amide bonds. The molecule has 1 saturated carbocycles. The van der Waals surface area contributed by atoms with Crippen LogP contribution in [0.3, 0.4) is 0 Å². The fourth-order valence-electron chi connectivity index (χ4n) is 2.68. The van der Waals surface area contributed by atoms with Crippen LogP contribution >= 0.6 is 0 Å². The summed E-state index contributed by atoms with van der Waals surface area (Å²) in [7, 11) is 5.72. The van der Waals surface area contributed by atoms with Crippen LogP contribution in [0.4, 0.5) is 0 Å². The van der Waals surface area contributed by atoms with E-state index in [1.54, 1.807) is 24.0 Å². The van der Waals surface area contributed by atoms with Crippen LogP contribution in [0.5, 0.6) is 0 Å². The van der Waals surface area contributed by atoms with Crippen molar-refractivity contribution in [1.29, 1.82) is 0 Å². The Morgan fingerprint density at radius 2 is 2.11 bits per heavy atom. The van der Waals surface area contributed by atoms with E-state index in [9.17, 15) is 4.79 Å². The van der Waals surface area contributed by atoms with Crippen LogP contribution in [0.15, 0.2) is 12.3 Å². The van der Waals surface area contributed by atoms with Gasteiger partial charge in [0.2, 0.25) is 0 Å². The molecule has 0 saturated heterocycles. The Kier molecular flexibility index (Phi) is 4.01.